The van der Waals surface area contributed by atoms with E-state index in [1.807, 2.05) is 29.8 Å². The van der Waals surface area contributed by atoms with E-state index in [1.54, 1.807) is 11.3 Å². The van der Waals surface area contributed by atoms with E-state index in [-0.39, 0.29) is 0 Å². The number of aromatic nitrogens is 1. The fourth-order valence-electron chi connectivity index (χ4n) is 3.59. The average molecular weight is 412 g/mol. The summed E-state index contributed by atoms with van der Waals surface area (Å²) in [6, 6.07) is 8.90. The number of hydrogen-bond acceptors (Lipinski definition) is 7. The molecule has 2 aromatic rings. The summed E-state index contributed by atoms with van der Waals surface area (Å²) in [5.41, 5.74) is 2.56. The lowest BCUT2D eigenvalue weighted by Gasteiger charge is -2.45. The Hall–Kier alpha value is -3.22. The first-order chi connectivity index (χ1) is 13.9. The summed E-state index contributed by atoms with van der Waals surface area (Å²) < 4.78 is 0. The van der Waals surface area contributed by atoms with E-state index in [9.17, 15) is 14.9 Å². The van der Waals surface area contributed by atoms with Crippen LogP contribution in [0.3, 0.4) is 0 Å². The average Bonchev–Trinajstić information content (AvgIpc) is 3.30. The molecule has 0 aliphatic carbocycles. The van der Waals surface area contributed by atoms with Crippen molar-refractivity contribution in [2.45, 2.75) is 6.04 Å². The van der Waals surface area contributed by atoms with Gasteiger partial charge in [-0.25, -0.2) is 9.59 Å². The molecule has 0 spiro atoms. The minimum absolute atomic E-state index is 0.558. The van der Waals surface area contributed by atoms with Crippen LogP contribution < -0.4 is 4.90 Å². The Balaban J connectivity index is 0.000000258. The maximum absolute atomic E-state index is 9.55. The maximum Gasteiger partial charge on any atom is 0.328 e. The van der Waals surface area contributed by atoms with Crippen molar-refractivity contribution in [2.75, 3.05) is 31.6 Å². The van der Waals surface area contributed by atoms with Gasteiger partial charge >= 0.3 is 11.9 Å². The summed E-state index contributed by atoms with van der Waals surface area (Å²) >= 11 is 1.62. The predicted octanol–water partition coefficient (Wildman–Crippen LogP) is 2.14. The van der Waals surface area contributed by atoms with E-state index in [2.05, 4.69) is 27.9 Å². The summed E-state index contributed by atoms with van der Waals surface area (Å²) in [6.45, 7) is 3.38. The third kappa shape index (κ3) is 4.80. The smallest absolute Gasteiger partial charge is 0.328 e. The highest BCUT2D eigenvalue weighted by molar-refractivity contribution is 7.13. The molecule has 0 saturated carbocycles. The minimum Gasteiger partial charge on any atom is -0.478 e. The Kier molecular flexibility index (Phi) is 6.26. The van der Waals surface area contributed by atoms with Crippen LogP contribution in [0.15, 0.2) is 41.9 Å². The fourth-order valence-corrected chi connectivity index (χ4v) is 4.33. The number of aliphatic carboxylic acids is 2. The van der Waals surface area contributed by atoms with Gasteiger partial charge in [-0.3, -0.25) is 4.98 Å². The van der Waals surface area contributed by atoms with E-state index < -0.39 is 11.9 Å². The number of anilines is 1. The number of nitrogens with zero attached hydrogens (tertiary/aromatic N) is 4. The van der Waals surface area contributed by atoms with Crippen molar-refractivity contribution >= 4 is 29.0 Å². The van der Waals surface area contributed by atoms with Crippen LogP contribution in [-0.2, 0) is 9.59 Å². The number of carboxylic acid groups (broad SMARTS) is 2. The molecule has 2 fully saturated rings. The molecule has 29 heavy (non-hydrogen) atoms. The Labute approximate surface area is 171 Å². The molecule has 2 aliphatic rings. The molecule has 4 heterocycles. The molecule has 2 aliphatic heterocycles. The zero-order chi connectivity index (χ0) is 21.0. The number of rotatable bonds is 4. The summed E-state index contributed by atoms with van der Waals surface area (Å²) in [4.78, 5) is 29.5. The summed E-state index contributed by atoms with van der Waals surface area (Å²) in [5.74, 6) is -1.74. The van der Waals surface area contributed by atoms with Crippen LogP contribution in [-0.4, -0.2) is 64.8 Å². The highest BCUT2D eigenvalue weighted by Gasteiger charge is 2.44. The highest BCUT2D eigenvalue weighted by Crippen LogP contribution is 2.37. The number of likely N-dealkylation sites (N-methyl/N-ethyl adjacent to an activating group) is 1. The lowest BCUT2D eigenvalue weighted by Crippen LogP contribution is -2.55. The number of likely N-dealkylation sites (tertiary alicyclic amines) is 1. The van der Waals surface area contributed by atoms with Crippen molar-refractivity contribution in [3.05, 3.63) is 47.5 Å². The number of thiophene rings is 1. The van der Waals surface area contributed by atoms with Crippen LogP contribution >= 0.6 is 11.3 Å². The largest absolute Gasteiger partial charge is 0.478 e. The van der Waals surface area contributed by atoms with Crippen molar-refractivity contribution in [3.63, 3.8) is 0 Å². The SMILES string of the molecule is CN1CC2CN(c3cnc(-c4cccs4)c(C#N)c3)C2C1.O=C(O)/C=C/C(=O)O. The monoisotopic (exact) mass is 412 g/mol. The molecule has 4 rings (SSSR count). The van der Waals surface area contributed by atoms with Gasteiger partial charge in [-0.1, -0.05) is 6.07 Å². The van der Waals surface area contributed by atoms with E-state index in [0.29, 0.717) is 23.8 Å². The number of fused-ring (bicyclic) bond motifs is 1. The third-order valence-electron chi connectivity index (χ3n) is 4.87. The van der Waals surface area contributed by atoms with Gasteiger partial charge in [-0.05, 0) is 24.6 Å². The first-order valence-corrected chi connectivity index (χ1v) is 9.80. The van der Waals surface area contributed by atoms with Gasteiger partial charge < -0.3 is 20.0 Å². The molecule has 2 aromatic heterocycles. The normalized spacial score (nSPS) is 20.3. The lowest BCUT2D eigenvalue weighted by atomic mass is 9.91. The van der Waals surface area contributed by atoms with Crippen LogP contribution in [0, 0.1) is 17.2 Å². The maximum atomic E-state index is 9.55. The second-order valence-electron chi connectivity index (χ2n) is 6.89. The molecule has 8 nitrogen and oxygen atoms in total. The van der Waals surface area contributed by atoms with Gasteiger partial charge in [0.05, 0.1) is 28.0 Å². The van der Waals surface area contributed by atoms with Crippen molar-refractivity contribution in [1.82, 2.24) is 9.88 Å². The van der Waals surface area contributed by atoms with Gasteiger partial charge in [0.1, 0.15) is 6.07 Å². The van der Waals surface area contributed by atoms with Gasteiger partial charge in [0.25, 0.3) is 0 Å². The summed E-state index contributed by atoms with van der Waals surface area (Å²) in [7, 11) is 2.18. The molecule has 0 amide bonds. The zero-order valence-electron chi connectivity index (χ0n) is 15.7. The van der Waals surface area contributed by atoms with E-state index >= 15 is 0 Å². The number of carboxylic acids is 2. The first-order valence-electron chi connectivity index (χ1n) is 8.92. The molecule has 150 valence electrons. The van der Waals surface area contributed by atoms with E-state index in [4.69, 9.17) is 10.2 Å². The van der Waals surface area contributed by atoms with Gasteiger partial charge in [-0.15, -0.1) is 11.3 Å². The predicted molar refractivity (Wildman–Crippen MR) is 109 cm³/mol. The molecule has 2 saturated heterocycles. The standard InChI is InChI=1S/C16H16N4S.C4H4O4/c1-19-8-12-9-20(14(12)10-19)13-5-11(6-17)16(18-7-13)15-3-2-4-21-15;5-3(6)1-2-4(7)8/h2-5,7,12,14H,8-10H2,1H3;1-2H,(H,5,6)(H,7,8)/b;2-1+. The Bertz CT molecular complexity index is 951. The molecule has 2 unspecified atom stereocenters. The zero-order valence-corrected chi connectivity index (χ0v) is 16.5. The Morgan fingerprint density at radius 2 is 2.00 bits per heavy atom. The first kappa shape index (κ1) is 20.5. The van der Waals surface area contributed by atoms with Gasteiger partial charge in [0.15, 0.2) is 0 Å². The van der Waals surface area contributed by atoms with E-state index in [0.717, 1.165) is 35.3 Å². The molecule has 2 atom stereocenters. The third-order valence-corrected chi connectivity index (χ3v) is 5.75. The van der Waals surface area contributed by atoms with Crippen molar-refractivity contribution < 1.29 is 19.8 Å². The molecule has 9 heteroatoms. The fraction of sp³-hybridized carbons (Fsp3) is 0.300. The number of carbonyl (C=O) groups is 2. The van der Waals surface area contributed by atoms with Crippen molar-refractivity contribution in [3.8, 4) is 16.6 Å². The highest BCUT2D eigenvalue weighted by atomic mass is 32.1. The molecule has 0 bridgehead atoms. The Morgan fingerprint density at radius 1 is 1.28 bits per heavy atom. The molecule has 0 radical (unpaired) electrons. The topological polar surface area (TPSA) is 118 Å². The van der Waals surface area contributed by atoms with Crippen LogP contribution in [0.25, 0.3) is 10.6 Å². The molecule has 0 aromatic carbocycles. The lowest BCUT2D eigenvalue weighted by molar-refractivity contribution is -0.134. The van der Waals surface area contributed by atoms with Crippen LogP contribution in [0.1, 0.15) is 5.56 Å². The number of nitriles is 1. The number of hydrogen-bond donors (Lipinski definition) is 2. The second-order valence-corrected chi connectivity index (χ2v) is 7.84. The quantitative estimate of drug-likeness (QED) is 0.734. The minimum atomic E-state index is -1.26. The van der Waals surface area contributed by atoms with E-state index in [1.165, 1.54) is 6.54 Å². The van der Waals surface area contributed by atoms with Crippen LogP contribution in [0.2, 0.25) is 0 Å². The van der Waals surface area contributed by atoms with Gasteiger partial charge in [-0.2, -0.15) is 5.26 Å². The van der Waals surface area contributed by atoms with Crippen LogP contribution in [0.4, 0.5) is 5.69 Å². The van der Waals surface area contributed by atoms with Crippen LogP contribution in [0.5, 0.6) is 0 Å². The van der Waals surface area contributed by atoms with Crippen molar-refractivity contribution in [1.29, 1.82) is 5.26 Å². The van der Waals surface area contributed by atoms with Gasteiger partial charge in [0.2, 0.25) is 0 Å². The number of pyridine rings is 1. The Morgan fingerprint density at radius 3 is 2.55 bits per heavy atom. The molecule has 2 N–H and O–H groups in total. The summed E-state index contributed by atoms with van der Waals surface area (Å²) in [5, 5.41) is 27.1. The molecular weight excluding hydrogens is 392 g/mol. The molecular formula is C20H20N4O4S. The van der Waals surface area contributed by atoms with Crippen molar-refractivity contribution in [2.24, 2.45) is 5.92 Å². The second kappa shape index (κ2) is 8.86. The summed E-state index contributed by atoms with van der Waals surface area (Å²) in [6.07, 6.45) is 3.04. The van der Waals surface area contributed by atoms with Gasteiger partial charge in [0, 0.05) is 43.7 Å².